The van der Waals surface area contributed by atoms with E-state index in [0.29, 0.717) is 18.8 Å². The number of aromatic nitrogens is 2. The molecule has 0 aliphatic carbocycles. The van der Waals surface area contributed by atoms with Crippen LogP contribution in [0.5, 0.6) is 11.5 Å². The largest absolute Gasteiger partial charge is 0.497 e. The molecule has 3 aromatic rings. The molecule has 1 unspecified atom stereocenters. The summed E-state index contributed by atoms with van der Waals surface area (Å²) in [4.78, 5) is 26.8. The van der Waals surface area contributed by atoms with Gasteiger partial charge >= 0.3 is 12.0 Å². The quantitative estimate of drug-likeness (QED) is 0.520. The number of hydrogen-bond donors (Lipinski definition) is 1. The van der Waals surface area contributed by atoms with Gasteiger partial charge in [0.15, 0.2) is 5.69 Å². The van der Waals surface area contributed by atoms with Crippen LogP contribution in [0, 0.1) is 0 Å². The minimum atomic E-state index is -0.460. The maximum absolute atomic E-state index is 13.1. The smallest absolute Gasteiger partial charge is 0.358 e. The summed E-state index contributed by atoms with van der Waals surface area (Å²) in [5, 5.41) is 7.23. The molecular weight excluding hydrogens is 436 g/mol. The lowest BCUT2D eigenvalue weighted by Crippen LogP contribution is -2.34. The Bertz CT molecular complexity index is 1160. The summed E-state index contributed by atoms with van der Waals surface area (Å²) in [6.07, 6.45) is 3.44. The third kappa shape index (κ3) is 4.83. The highest BCUT2D eigenvalue weighted by Gasteiger charge is 2.32. The lowest BCUT2D eigenvalue weighted by molar-refractivity contribution is 0.0519. The van der Waals surface area contributed by atoms with E-state index in [2.05, 4.69) is 10.4 Å². The molecule has 0 saturated carbocycles. The van der Waals surface area contributed by atoms with Crippen molar-refractivity contribution in [3.63, 3.8) is 0 Å². The zero-order valence-electron chi connectivity index (χ0n) is 19.5. The molecule has 1 aliphatic heterocycles. The molecule has 2 aromatic carbocycles. The molecule has 178 valence electrons. The molecule has 1 saturated heterocycles. The number of ether oxygens (including phenoxy) is 3. The summed E-state index contributed by atoms with van der Waals surface area (Å²) in [5.41, 5.74) is 2.59. The number of carbonyl (C=O) groups excluding carboxylic acids is 2. The number of hydrogen-bond acceptors (Lipinski definition) is 6. The predicted octanol–water partition coefficient (Wildman–Crippen LogP) is 4.44. The Morgan fingerprint density at radius 1 is 1.09 bits per heavy atom. The number of amides is 2. The fraction of sp³-hybridized carbons (Fsp3) is 0.320. The van der Waals surface area contributed by atoms with Crippen LogP contribution in [0.2, 0.25) is 0 Å². The number of nitrogens with zero attached hydrogens (tertiary/aromatic N) is 3. The van der Waals surface area contributed by atoms with Crippen LogP contribution in [0.1, 0.15) is 41.9 Å². The number of nitrogens with one attached hydrogen (secondary N) is 1. The second-order valence-electron chi connectivity index (χ2n) is 7.80. The van der Waals surface area contributed by atoms with E-state index < -0.39 is 5.97 Å². The Morgan fingerprint density at radius 2 is 1.88 bits per heavy atom. The SMILES string of the molecule is CCOC(=O)c1ccn(-c2ccc(NC(=O)N3CCCC3c3cc(OC)ccc3OC)cc2)n1. The van der Waals surface area contributed by atoms with Gasteiger partial charge in [-0.3, -0.25) is 0 Å². The van der Waals surface area contributed by atoms with Gasteiger partial charge in [-0.25, -0.2) is 14.3 Å². The predicted molar refractivity (Wildman–Crippen MR) is 127 cm³/mol. The van der Waals surface area contributed by atoms with Crippen molar-refractivity contribution >= 4 is 17.7 Å². The van der Waals surface area contributed by atoms with Gasteiger partial charge in [0.2, 0.25) is 0 Å². The molecule has 1 aliphatic rings. The Balaban J connectivity index is 1.46. The molecule has 2 amide bonds. The highest BCUT2D eigenvalue weighted by Crippen LogP contribution is 2.39. The molecule has 0 bridgehead atoms. The van der Waals surface area contributed by atoms with Gasteiger partial charge in [-0.05, 0) is 68.3 Å². The van der Waals surface area contributed by atoms with Gasteiger partial charge in [-0.2, -0.15) is 5.10 Å². The molecule has 0 radical (unpaired) electrons. The molecule has 9 nitrogen and oxygen atoms in total. The lowest BCUT2D eigenvalue weighted by atomic mass is 10.0. The highest BCUT2D eigenvalue weighted by molar-refractivity contribution is 5.90. The first-order valence-corrected chi connectivity index (χ1v) is 11.2. The molecule has 1 aromatic heterocycles. The first kappa shape index (κ1) is 23.2. The number of carbonyl (C=O) groups is 2. The third-order valence-electron chi connectivity index (χ3n) is 5.77. The van der Waals surface area contributed by atoms with Crippen LogP contribution in [-0.2, 0) is 4.74 Å². The number of anilines is 1. The van der Waals surface area contributed by atoms with E-state index >= 15 is 0 Å². The third-order valence-corrected chi connectivity index (χ3v) is 5.77. The molecule has 2 heterocycles. The van der Waals surface area contributed by atoms with Crippen molar-refractivity contribution in [1.29, 1.82) is 0 Å². The number of methoxy groups -OCH3 is 2. The van der Waals surface area contributed by atoms with E-state index in [4.69, 9.17) is 14.2 Å². The Hall–Kier alpha value is -4.01. The second kappa shape index (κ2) is 10.3. The Morgan fingerprint density at radius 3 is 2.59 bits per heavy atom. The van der Waals surface area contributed by atoms with Crippen molar-refractivity contribution in [2.75, 3.05) is 32.7 Å². The molecule has 4 rings (SSSR count). The van der Waals surface area contributed by atoms with Crippen molar-refractivity contribution in [3.05, 3.63) is 66.0 Å². The van der Waals surface area contributed by atoms with Crippen molar-refractivity contribution < 1.29 is 23.8 Å². The highest BCUT2D eigenvalue weighted by atomic mass is 16.5. The van der Waals surface area contributed by atoms with Gasteiger partial charge in [0, 0.05) is 24.0 Å². The molecule has 0 spiro atoms. The van der Waals surface area contributed by atoms with Crippen molar-refractivity contribution in [1.82, 2.24) is 14.7 Å². The van der Waals surface area contributed by atoms with Crippen LogP contribution in [0.15, 0.2) is 54.7 Å². The van der Waals surface area contributed by atoms with E-state index in [1.54, 1.807) is 50.2 Å². The number of likely N-dealkylation sites (tertiary alicyclic amines) is 1. The second-order valence-corrected chi connectivity index (χ2v) is 7.80. The van der Waals surface area contributed by atoms with Gasteiger partial charge in [-0.15, -0.1) is 0 Å². The van der Waals surface area contributed by atoms with Gasteiger partial charge in [0.1, 0.15) is 11.5 Å². The lowest BCUT2D eigenvalue weighted by Gasteiger charge is -2.27. The van der Waals surface area contributed by atoms with E-state index in [0.717, 1.165) is 35.6 Å². The topological polar surface area (TPSA) is 94.9 Å². The molecule has 9 heteroatoms. The minimum Gasteiger partial charge on any atom is -0.497 e. The van der Waals surface area contributed by atoms with E-state index in [9.17, 15) is 9.59 Å². The average Bonchev–Trinajstić information content (AvgIpc) is 3.55. The fourth-order valence-corrected chi connectivity index (χ4v) is 4.11. The number of benzene rings is 2. The summed E-state index contributed by atoms with van der Waals surface area (Å²) in [6, 6.07) is 14.2. The molecule has 34 heavy (non-hydrogen) atoms. The standard InChI is InChI=1S/C25H28N4O5/c1-4-34-24(30)21-13-15-29(27-21)18-9-7-17(8-10-18)26-25(31)28-14-5-6-22(28)20-16-19(32-2)11-12-23(20)33-3/h7-13,15-16,22H,4-6,14H2,1-3H3,(H,26,31). The maximum Gasteiger partial charge on any atom is 0.358 e. The van der Waals surface area contributed by atoms with E-state index in [-0.39, 0.29) is 17.8 Å². The van der Waals surface area contributed by atoms with Crippen LogP contribution >= 0.6 is 0 Å². The van der Waals surface area contributed by atoms with Gasteiger partial charge < -0.3 is 24.4 Å². The van der Waals surface area contributed by atoms with E-state index in [1.165, 1.54) is 0 Å². The summed E-state index contributed by atoms with van der Waals surface area (Å²) in [5.74, 6) is 0.998. The zero-order chi connectivity index (χ0) is 24.1. The first-order valence-electron chi connectivity index (χ1n) is 11.2. The van der Waals surface area contributed by atoms with Crippen molar-refractivity contribution in [3.8, 4) is 17.2 Å². The monoisotopic (exact) mass is 464 g/mol. The van der Waals surface area contributed by atoms with Gasteiger partial charge in [0.25, 0.3) is 0 Å². The number of esters is 1. The summed E-state index contributed by atoms with van der Waals surface area (Å²) in [6.45, 7) is 2.70. The van der Waals surface area contributed by atoms with Crippen LogP contribution < -0.4 is 14.8 Å². The van der Waals surface area contributed by atoms with Crippen molar-refractivity contribution in [2.45, 2.75) is 25.8 Å². The molecule has 1 atom stereocenters. The number of rotatable bonds is 7. The molecular formula is C25H28N4O5. The summed E-state index contributed by atoms with van der Waals surface area (Å²) >= 11 is 0. The van der Waals surface area contributed by atoms with Crippen LogP contribution in [0.4, 0.5) is 10.5 Å². The molecule has 1 N–H and O–H groups in total. The zero-order valence-corrected chi connectivity index (χ0v) is 19.5. The molecule has 1 fully saturated rings. The fourth-order valence-electron chi connectivity index (χ4n) is 4.11. The van der Waals surface area contributed by atoms with Crippen LogP contribution in [-0.4, -0.2) is 54.1 Å². The summed E-state index contributed by atoms with van der Waals surface area (Å²) < 4.78 is 17.5. The number of urea groups is 1. The van der Waals surface area contributed by atoms with Gasteiger partial charge in [-0.1, -0.05) is 0 Å². The normalized spacial score (nSPS) is 15.1. The first-order chi connectivity index (χ1) is 16.5. The Kier molecular flexibility index (Phi) is 7.01. The van der Waals surface area contributed by atoms with Crippen LogP contribution in [0.25, 0.3) is 5.69 Å². The van der Waals surface area contributed by atoms with Crippen LogP contribution in [0.3, 0.4) is 0 Å². The van der Waals surface area contributed by atoms with E-state index in [1.807, 2.05) is 35.2 Å². The average molecular weight is 465 g/mol. The minimum absolute atomic E-state index is 0.102. The Labute approximate surface area is 198 Å². The van der Waals surface area contributed by atoms with Gasteiger partial charge in [0.05, 0.1) is 32.6 Å². The maximum atomic E-state index is 13.1. The summed E-state index contributed by atoms with van der Waals surface area (Å²) in [7, 11) is 3.25. The van der Waals surface area contributed by atoms with Crippen molar-refractivity contribution in [2.24, 2.45) is 0 Å².